The molecule has 0 saturated carbocycles. The topological polar surface area (TPSA) is 78.0 Å². The van der Waals surface area contributed by atoms with Crippen LogP contribution in [0.25, 0.3) is 11.3 Å². The minimum Gasteiger partial charge on any atom is -0.470 e. The molecule has 3 rings (SSSR count). The Morgan fingerprint density at radius 3 is 2.55 bits per heavy atom. The number of aromatic nitrogens is 1. The van der Waals surface area contributed by atoms with Crippen molar-refractivity contribution in [2.24, 2.45) is 0 Å². The van der Waals surface area contributed by atoms with Crippen molar-refractivity contribution in [1.82, 2.24) is 9.88 Å². The first-order valence-corrected chi connectivity index (χ1v) is 9.49. The van der Waals surface area contributed by atoms with Crippen molar-refractivity contribution in [3.63, 3.8) is 0 Å². The molecular formula is C22H26N2O5. The van der Waals surface area contributed by atoms with Crippen molar-refractivity contribution in [2.45, 2.75) is 38.6 Å². The van der Waals surface area contributed by atoms with Crippen LogP contribution in [0.3, 0.4) is 0 Å². The highest BCUT2D eigenvalue weighted by Gasteiger charge is 2.39. The minimum absolute atomic E-state index is 0.286. The second-order valence-corrected chi connectivity index (χ2v) is 7.92. The van der Waals surface area contributed by atoms with Gasteiger partial charge in [-0.2, -0.15) is 0 Å². The second kappa shape index (κ2) is 8.61. The van der Waals surface area contributed by atoms with Crippen molar-refractivity contribution in [2.75, 3.05) is 20.2 Å². The van der Waals surface area contributed by atoms with E-state index in [1.54, 1.807) is 30.2 Å². The number of aldehydes is 1. The van der Waals surface area contributed by atoms with Crippen molar-refractivity contribution in [1.29, 1.82) is 0 Å². The molecule has 1 aliphatic heterocycles. The molecule has 2 atom stereocenters. The summed E-state index contributed by atoms with van der Waals surface area (Å²) in [5.74, 6) is 0.428. The van der Waals surface area contributed by atoms with Gasteiger partial charge in [0.1, 0.15) is 24.1 Å². The van der Waals surface area contributed by atoms with Gasteiger partial charge in [-0.1, -0.05) is 24.3 Å². The molecule has 1 aromatic heterocycles. The van der Waals surface area contributed by atoms with Crippen molar-refractivity contribution >= 4 is 12.4 Å². The molecule has 1 fully saturated rings. The van der Waals surface area contributed by atoms with Crippen LogP contribution in [0.15, 0.2) is 42.5 Å². The lowest BCUT2D eigenvalue weighted by molar-refractivity contribution is 0.0238. The van der Waals surface area contributed by atoms with E-state index in [4.69, 9.17) is 14.2 Å². The van der Waals surface area contributed by atoms with Crippen molar-refractivity contribution < 1.29 is 23.8 Å². The van der Waals surface area contributed by atoms with Crippen LogP contribution in [0.4, 0.5) is 4.79 Å². The zero-order valence-corrected chi connectivity index (χ0v) is 17.1. The molecule has 1 aromatic carbocycles. The Hall–Kier alpha value is -2.93. The Morgan fingerprint density at radius 2 is 1.86 bits per heavy atom. The van der Waals surface area contributed by atoms with Crippen LogP contribution in [0.5, 0.6) is 5.88 Å². The number of amides is 1. The summed E-state index contributed by atoms with van der Waals surface area (Å²) in [4.78, 5) is 29.5. The van der Waals surface area contributed by atoms with E-state index in [2.05, 4.69) is 4.98 Å². The normalized spacial score (nSPS) is 19.1. The molecule has 1 saturated heterocycles. The number of nitrogens with zero attached hydrogens (tertiary/aromatic N) is 2. The van der Waals surface area contributed by atoms with Crippen LogP contribution in [0, 0.1) is 0 Å². The number of hydrogen-bond acceptors (Lipinski definition) is 6. The van der Waals surface area contributed by atoms with E-state index in [0.717, 1.165) is 11.8 Å². The molecule has 2 unspecified atom stereocenters. The Balaban J connectivity index is 1.73. The summed E-state index contributed by atoms with van der Waals surface area (Å²) in [5.41, 5.74) is 1.54. The molecule has 0 spiro atoms. The van der Waals surface area contributed by atoms with Crippen molar-refractivity contribution in [3.8, 4) is 17.1 Å². The molecule has 154 valence electrons. The summed E-state index contributed by atoms with van der Waals surface area (Å²) < 4.78 is 17.0. The summed E-state index contributed by atoms with van der Waals surface area (Å²) >= 11 is 0. The van der Waals surface area contributed by atoms with Crippen LogP contribution in [-0.2, 0) is 9.47 Å². The molecular weight excluding hydrogens is 372 g/mol. The standard InChI is InChI=1S/C22H26N2O5/c1-22(2,3)29-21(26)24-12-18(27-4)19(13-24)28-20-10-6-9-17(23-20)16-8-5-7-15(11-16)14-25/h5-11,14,18-19H,12-13H2,1-4H3. The molecule has 1 aliphatic rings. The molecule has 0 bridgehead atoms. The van der Waals surface area contributed by atoms with E-state index >= 15 is 0 Å². The zero-order valence-electron chi connectivity index (χ0n) is 17.1. The lowest BCUT2D eigenvalue weighted by Gasteiger charge is -2.24. The molecule has 29 heavy (non-hydrogen) atoms. The van der Waals surface area contributed by atoms with E-state index < -0.39 is 11.7 Å². The molecule has 1 amide bonds. The van der Waals surface area contributed by atoms with E-state index in [-0.39, 0.29) is 12.2 Å². The largest absolute Gasteiger partial charge is 0.470 e. The van der Waals surface area contributed by atoms with E-state index in [1.165, 1.54) is 0 Å². The average Bonchev–Trinajstić information content (AvgIpc) is 3.10. The third-order valence-corrected chi connectivity index (χ3v) is 4.48. The number of likely N-dealkylation sites (tertiary alicyclic amines) is 1. The van der Waals surface area contributed by atoms with Gasteiger partial charge in [-0.25, -0.2) is 9.78 Å². The van der Waals surface area contributed by atoms with Gasteiger partial charge in [0, 0.05) is 24.3 Å². The number of hydrogen-bond donors (Lipinski definition) is 0. The summed E-state index contributed by atoms with van der Waals surface area (Å²) in [6.07, 6.45) is -0.238. The first-order chi connectivity index (χ1) is 13.8. The lowest BCUT2D eigenvalue weighted by atomic mass is 10.1. The molecule has 7 nitrogen and oxygen atoms in total. The van der Waals surface area contributed by atoms with Crippen LogP contribution in [-0.4, -0.2) is 60.3 Å². The minimum atomic E-state index is -0.565. The van der Waals surface area contributed by atoms with Crippen LogP contribution in [0.2, 0.25) is 0 Å². The Morgan fingerprint density at radius 1 is 1.14 bits per heavy atom. The summed E-state index contributed by atoms with van der Waals surface area (Å²) in [5, 5.41) is 0. The lowest BCUT2D eigenvalue weighted by Crippen LogP contribution is -2.36. The fourth-order valence-corrected chi connectivity index (χ4v) is 3.13. The number of carbonyl (C=O) groups excluding carboxylic acids is 2. The van der Waals surface area contributed by atoms with Gasteiger partial charge in [0.15, 0.2) is 0 Å². The van der Waals surface area contributed by atoms with Gasteiger partial charge in [-0.3, -0.25) is 4.79 Å². The molecule has 0 aliphatic carbocycles. The fourth-order valence-electron chi connectivity index (χ4n) is 3.13. The number of benzene rings is 1. The number of rotatable bonds is 5. The molecule has 0 N–H and O–H groups in total. The van der Waals surface area contributed by atoms with Gasteiger partial charge in [0.25, 0.3) is 0 Å². The zero-order chi connectivity index (χ0) is 21.0. The Labute approximate surface area is 170 Å². The van der Waals surface area contributed by atoms with Gasteiger partial charge >= 0.3 is 6.09 Å². The van der Waals surface area contributed by atoms with Crippen molar-refractivity contribution in [3.05, 3.63) is 48.0 Å². The maximum atomic E-state index is 12.4. The number of ether oxygens (including phenoxy) is 3. The van der Waals surface area contributed by atoms with Crippen LogP contribution in [0.1, 0.15) is 31.1 Å². The summed E-state index contributed by atoms with van der Waals surface area (Å²) in [6, 6.07) is 12.7. The molecule has 0 radical (unpaired) electrons. The highest BCUT2D eigenvalue weighted by molar-refractivity contribution is 5.78. The smallest absolute Gasteiger partial charge is 0.410 e. The average molecular weight is 398 g/mol. The SMILES string of the molecule is COC1CN(C(=O)OC(C)(C)C)CC1Oc1cccc(-c2cccc(C=O)c2)n1. The molecule has 2 heterocycles. The highest BCUT2D eigenvalue weighted by Crippen LogP contribution is 2.24. The van der Waals surface area contributed by atoms with E-state index in [9.17, 15) is 9.59 Å². The third kappa shape index (κ3) is 5.32. The number of carbonyl (C=O) groups is 2. The maximum absolute atomic E-state index is 12.4. The first-order valence-electron chi connectivity index (χ1n) is 9.49. The predicted molar refractivity (Wildman–Crippen MR) is 108 cm³/mol. The number of pyridine rings is 1. The predicted octanol–water partition coefficient (Wildman–Crippen LogP) is 3.57. The Kier molecular flexibility index (Phi) is 6.17. The summed E-state index contributed by atoms with van der Waals surface area (Å²) in [7, 11) is 1.59. The van der Waals surface area contributed by atoms with Gasteiger partial charge in [0.2, 0.25) is 5.88 Å². The van der Waals surface area contributed by atoms with Crippen LogP contribution >= 0.6 is 0 Å². The first kappa shape index (κ1) is 20.8. The Bertz CT molecular complexity index is 878. The van der Waals surface area contributed by atoms with Gasteiger partial charge in [0.05, 0.1) is 18.8 Å². The van der Waals surface area contributed by atoms with E-state index in [1.807, 2.05) is 45.0 Å². The quantitative estimate of drug-likeness (QED) is 0.717. The second-order valence-electron chi connectivity index (χ2n) is 7.92. The summed E-state index contributed by atoms with van der Waals surface area (Å²) in [6.45, 7) is 6.23. The van der Waals surface area contributed by atoms with Gasteiger partial charge in [-0.05, 0) is 32.9 Å². The number of methoxy groups -OCH3 is 1. The van der Waals surface area contributed by atoms with Gasteiger partial charge < -0.3 is 19.1 Å². The maximum Gasteiger partial charge on any atom is 0.410 e. The monoisotopic (exact) mass is 398 g/mol. The van der Waals surface area contributed by atoms with Gasteiger partial charge in [-0.15, -0.1) is 0 Å². The third-order valence-electron chi connectivity index (χ3n) is 4.48. The highest BCUT2D eigenvalue weighted by atomic mass is 16.6. The van der Waals surface area contributed by atoms with E-state index in [0.29, 0.717) is 30.2 Å². The fraction of sp³-hybridized carbons (Fsp3) is 0.409. The molecule has 2 aromatic rings. The van der Waals surface area contributed by atoms with Crippen LogP contribution < -0.4 is 4.74 Å². The molecule has 7 heteroatoms.